The molecule has 0 amide bonds. The maximum Gasteiger partial charge on any atom is 0.307 e. The van der Waals surface area contributed by atoms with Crippen LogP contribution >= 0.6 is 0 Å². The number of hydrogen-bond acceptors (Lipinski definition) is 7. The molecule has 1 aliphatic rings. The summed E-state index contributed by atoms with van der Waals surface area (Å²) in [5.41, 5.74) is 0.0457. The minimum Gasteiger partial charge on any atom is -0.460 e. The van der Waals surface area contributed by atoms with Crippen LogP contribution in [0.3, 0.4) is 0 Å². The minimum absolute atomic E-state index is 0.147. The highest BCUT2D eigenvalue weighted by atomic mass is 16.6. The number of esters is 1. The lowest BCUT2D eigenvalue weighted by molar-refractivity contribution is -0.155. The average Bonchev–Trinajstić information content (AvgIpc) is 3.17. The molecule has 3 rings (SSSR count). The van der Waals surface area contributed by atoms with E-state index in [1.165, 1.54) is 38.5 Å². The monoisotopic (exact) mass is 400 g/mol. The first-order valence-corrected chi connectivity index (χ1v) is 10.7. The molecule has 0 N–H and O–H groups in total. The van der Waals surface area contributed by atoms with E-state index in [0.717, 1.165) is 18.8 Å². The van der Waals surface area contributed by atoms with Gasteiger partial charge in [-0.05, 0) is 33.1 Å². The highest BCUT2D eigenvalue weighted by molar-refractivity contribution is 5.70. The zero-order valence-electron chi connectivity index (χ0n) is 17.8. The van der Waals surface area contributed by atoms with Gasteiger partial charge in [-0.25, -0.2) is 4.98 Å². The Morgan fingerprint density at radius 3 is 2.72 bits per heavy atom. The Hall–Kier alpha value is -2.31. The van der Waals surface area contributed by atoms with Crippen LogP contribution in [-0.4, -0.2) is 31.7 Å². The van der Waals surface area contributed by atoms with Gasteiger partial charge >= 0.3 is 5.97 Å². The number of ether oxygens (including phenoxy) is 1. The zero-order chi connectivity index (χ0) is 20.7. The van der Waals surface area contributed by atoms with E-state index >= 15 is 0 Å². The summed E-state index contributed by atoms with van der Waals surface area (Å²) in [6.45, 7) is 5.63. The molecule has 158 valence electrons. The average molecular weight is 401 g/mol. The first-order chi connectivity index (χ1) is 13.9. The summed E-state index contributed by atoms with van der Waals surface area (Å²) in [5.74, 6) is 1.30. The van der Waals surface area contributed by atoms with Gasteiger partial charge in [-0.2, -0.15) is 4.98 Å². The van der Waals surface area contributed by atoms with Crippen molar-refractivity contribution in [1.82, 2.24) is 20.1 Å². The molecule has 0 aromatic carbocycles. The summed E-state index contributed by atoms with van der Waals surface area (Å²) in [4.78, 5) is 25.2. The Morgan fingerprint density at radius 2 is 2.03 bits per heavy atom. The Kier molecular flexibility index (Phi) is 7.34. The number of carbonyl (C=O) groups is 1. The molecule has 0 aliphatic heterocycles. The Bertz CT molecular complexity index is 764. The van der Waals surface area contributed by atoms with Crippen molar-refractivity contribution in [3.63, 3.8) is 0 Å². The highest BCUT2D eigenvalue weighted by Crippen LogP contribution is 2.32. The number of hydrogen-bond donors (Lipinski definition) is 0. The largest absolute Gasteiger partial charge is 0.460 e. The van der Waals surface area contributed by atoms with Gasteiger partial charge in [0.25, 0.3) is 0 Å². The van der Waals surface area contributed by atoms with E-state index < -0.39 is 5.60 Å². The molecule has 1 aliphatic carbocycles. The van der Waals surface area contributed by atoms with Gasteiger partial charge in [-0.1, -0.05) is 50.1 Å². The van der Waals surface area contributed by atoms with E-state index in [9.17, 15) is 4.79 Å². The van der Waals surface area contributed by atoms with E-state index in [4.69, 9.17) is 9.26 Å². The fourth-order valence-electron chi connectivity index (χ4n) is 3.95. The van der Waals surface area contributed by atoms with Gasteiger partial charge in [0.05, 0.1) is 12.6 Å². The maximum absolute atomic E-state index is 12.4. The van der Waals surface area contributed by atoms with Crippen molar-refractivity contribution in [1.29, 1.82) is 0 Å². The summed E-state index contributed by atoms with van der Waals surface area (Å²) < 4.78 is 11.0. The summed E-state index contributed by atoms with van der Waals surface area (Å²) in [6, 6.07) is 0. The van der Waals surface area contributed by atoms with Crippen molar-refractivity contribution in [3.05, 3.63) is 24.5 Å². The van der Waals surface area contributed by atoms with Crippen LogP contribution in [-0.2, 0) is 9.53 Å². The van der Waals surface area contributed by atoms with Gasteiger partial charge in [0.2, 0.25) is 11.7 Å². The molecule has 0 unspecified atom stereocenters. The molecule has 0 bridgehead atoms. The Balaban J connectivity index is 1.66. The molecule has 2 heterocycles. The van der Waals surface area contributed by atoms with Gasteiger partial charge in [-0.15, -0.1) is 0 Å². The fraction of sp³-hybridized carbons (Fsp3) is 0.682. The normalized spacial score (nSPS) is 16.5. The summed E-state index contributed by atoms with van der Waals surface area (Å²) >= 11 is 0. The standard InChI is InChI=1S/C22H32N4O3/c1-22(2,3)28-19(27)14-17(11-7-10-16-8-5-4-6-9-16)21-25-20(26-29-21)18-15-23-12-13-24-18/h12-13,15-17H,4-11,14H2,1-3H3/t17-/m0/s1. The summed E-state index contributed by atoms with van der Waals surface area (Å²) in [5, 5.41) is 4.05. The predicted molar refractivity (Wildman–Crippen MR) is 109 cm³/mol. The molecule has 1 atom stereocenters. The van der Waals surface area contributed by atoms with Gasteiger partial charge in [0.15, 0.2) is 0 Å². The SMILES string of the molecule is CC(C)(C)OC(=O)C[C@H](CCCC1CCCCC1)c1nc(-c2cnccn2)no1. The van der Waals surface area contributed by atoms with Crippen molar-refractivity contribution in [2.45, 2.75) is 90.1 Å². The van der Waals surface area contributed by atoms with E-state index in [1.54, 1.807) is 18.6 Å². The smallest absolute Gasteiger partial charge is 0.307 e. The molecule has 7 nitrogen and oxygen atoms in total. The molecule has 2 aromatic heterocycles. The fourth-order valence-corrected chi connectivity index (χ4v) is 3.95. The Labute approximate surface area is 172 Å². The second-order valence-corrected chi connectivity index (χ2v) is 8.97. The number of aromatic nitrogens is 4. The van der Waals surface area contributed by atoms with Crippen LogP contribution in [0.15, 0.2) is 23.1 Å². The first-order valence-electron chi connectivity index (χ1n) is 10.7. The van der Waals surface area contributed by atoms with Crippen LogP contribution in [0.25, 0.3) is 11.5 Å². The zero-order valence-corrected chi connectivity index (χ0v) is 17.8. The van der Waals surface area contributed by atoms with Crippen molar-refractivity contribution in [3.8, 4) is 11.5 Å². The van der Waals surface area contributed by atoms with Crippen molar-refractivity contribution in [2.75, 3.05) is 0 Å². The molecule has 1 fully saturated rings. The van der Waals surface area contributed by atoms with Gasteiger partial charge in [0, 0.05) is 18.3 Å². The van der Waals surface area contributed by atoms with Crippen molar-refractivity contribution in [2.24, 2.45) is 5.92 Å². The predicted octanol–water partition coefficient (Wildman–Crippen LogP) is 5.09. The molecular formula is C22H32N4O3. The lowest BCUT2D eigenvalue weighted by atomic mass is 9.84. The van der Waals surface area contributed by atoms with Crippen molar-refractivity contribution < 1.29 is 14.1 Å². The topological polar surface area (TPSA) is 91.0 Å². The van der Waals surface area contributed by atoms with E-state index in [1.807, 2.05) is 20.8 Å². The maximum atomic E-state index is 12.4. The highest BCUT2D eigenvalue weighted by Gasteiger charge is 2.26. The van der Waals surface area contributed by atoms with Crippen LogP contribution in [0.5, 0.6) is 0 Å². The lowest BCUT2D eigenvalue weighted by Crippen LogP contribution is -2.25. The minimum atomic E-state index is -0.511. The molecule has 0 saturated heterocycles. The molecule has 29 heavy (non-hydrogen) atoms. The third-order valence-corrected chi connectivity index (χ3v) is 5.31. The van der Waals surface area contributed by atoms with Crippen LogP contribution in [0, 0.1) is 5.92 Å². The first kappa shape index (κ1) is 21.4. The molecule has 1 saturated carbocycles. The second-order valence-electron chi connectivity index (χ2n) is 8.97. The van der Waals surface area contributed by atoms with E-state index in [0.29, 0.717) is 17.4 Å². The number of carbonyl (C=O) groups excluding carboxylic acids is 1. The Morgan fingerprint density at radius 1 is 1.24 bits per heavy atom. The van der Waals surface area contributed by atoms with Gasteiger partial charge < -0.3 is 9.26 Å². The lowest BCUT2D eigenvalue weighted by Gasteiger charge is -2.23. The third kappa shape index (κ3) is 6.91. The van der Waals surface area contributed by atoms with Gasteiger partial charge in [-0.3, -0.25) is 9.78 Å². The molecular weight excluding hydrogens is 368 g/mol. The van der Waals surface area contributed by atoms with Crippen LogP contribution < -0.4 is 0 Å². The van der Waals surface area contributed by atoms with Crippen LogP contribution in [0.2, 0.25) is 0 Å². The van der Waals surface area contributed by atoms with E-state index in [-0.39, 0.29) is 18.3 Å². The number of nitrogens with zero attached hydrogens (tertiary/aromatic N) is 4. The molecule has 7 heteroatoms. The quantitative estimate of drug-likeness (QED) is 0.570. The second kappa shape index (κ2) is 9.94. The summed E-state index contributed by atoms with van der Waals surface area (Å²) in [6.07, 6.45) is 14.8. The van der Waals surface area contributed by atoms with Crippen LogP contribution in [0.1, 0.15) is 90.4 Å². The third-order valence-electron chi connectivity index (χ3n) is 5.31. The van der Waals surface area contributed by atoms with Crippen molar-refractivity contribution >= 4 is 5.97 Å². The summed E-state index contributed by atoms with van der Waals surface area (Å²) in [7, 11) is 0. The molecule has 0 radical (unpaired) electrons. The van der Waals surface area contributed by atoms with E-state index in [2.05, 4.69) is 20.1 Å². The number of rotatable bonds is 8. The molecule has 2 aromatic rings. The molecule has 0 spiro atoms. The van der Waals surface area contributed by atoms with Crippen LogP contribution in [0.4, 0.5) is 0 Å². The van der Waals surface area contributed by atoms with Gasteiger partial charge in [0.1, 0.15) is 11.3 Å².